The number of nitrogens with one attached hydrogen (secondary N) is 1. The molecule has 0 radical (unpaired) electrons. The summed E-state index contributed by atoms with van der Waals surface area (Å²) in [5.74, 6) is -1.14. The maximum absolute atomic E-state index is 14.6. The SMILES string of the molecule is Cl.O=C1OC(COc2ccon2)CN1c1cc(F)c(C2=CCNCC2)c(F)c1. The summed E-state index contributed by atoms with van der Waals surface area (Å²) in [5, 5.41) is 6.69. The summed E-state index contributed by atoms with van der Waals surface area (Å²) in [6.07, 6.45) is 2.39. The number of anilines is 1. The van der Waals surface area contributed by atoms with Gasteiger partial charge in [0.25, 0.3) is 5.88 Å². The predicted molar refractivity (Wildman–Crippen MR) is 98.7 cm³/mol. The van der Waals surface area contributed by atoms with Gasteiger partial charge >= 0.3 is 6.09 Å². The van der Waals surface area contributed by atoms with Crippen molar-refractivity contribution in [3.63, 3.8) is 0 Å². The molecule has 1 fully saturated rings. The molecule has 2 aromatic rings. The lowest BCUT2D eigenvalue weighted by Gasteiger charge is -2.18. The third-order valence-electron chi connectivity index (χ3n) is 4.43. The van der Waals surface area contributed by atoms with Gasteiger partial charge in [-0.1, -0.05) is 6.08 Å². The molecule has 10 heteroatoms. The number of hydrogen-bond acceptors (Lipinski definition) is 6. The van der Waals surface area contributed by atoms with E-state index >= 15 is 0 Å². The van der Waals surface area contributed by atoms with Crippen molar-refractivity contribution < 1.29 is 27.6 Å². The monoisotopic (exact) mass is 413 g/mol. The Morgan fingerprint density at radius 2 is 2.11 bits per heavy atom. The molecule has 2 aliphatic rings. The molecule has 0 bridgehead atoms. The van der Waals surface area contributed by atoms with Gasteiger partial charge in [-0.15, -0.1) is 12.4 Å². The standard InChI is InChI=1S/C18H17F2N3O4.ClH/c19-14-7-12(8-15(20)17(14)11-1-4-21-5-2-11)23-9-13(27-18(23)24)10-25-16-3-6-26-22-16;/h1,3,6-8,13,21H,2,4-5,9-10H2;1H. The quantitative estimate of drug-likeness (QED) is 0.811. The minimum Gasteiger partial charge on any atom is -0.471 e. The molecule has 1 unspecified atom stereocenters. The molecule has 1 aromatic carbocycles. The number of halogens is 3. The number of aromatic nitrogens is 1. The fourth-order valence-electron chi connectivity index (χ4n) is 3.15. The molecule has 1 amide bonds. The van der Waals surface area contributed by atoms with Crippen molar-refractivity contribution in [2.75, 3.05) is 31.1 Å². The Balaban J connectivity index is 0.00000225. The van der Waals surface area contributed by atoms with Crippen molar-refractivity contribution in [1.82, 2.24) is 10.5 Å². The van der Waals surface area contributed by atoms with Crippen LogP contribution in [-0.2, 0) is 4.74 Å². The lowest BCUT2D eigenvalue weighted by Crippen LogP contribution is -2.27. The van der Waals surface area contributed by atoms with E-state index in [2.05, 4.69) is 15.0 Å². The summed E-state index contributed by atoms with van der Waals surface area (Å²) < 4.78 is 44.3. The maximum Gasteiger partial charge on any atom is 0.414 e. The van der Waals surface area contributed by atoms with E-state index < -0.39 is 23.8 Å². The lowest BCUT2D eigenvalue weighted by atomic mass is 9.98. The first-order chi connectivity index (χ1) is 13.1. The van der Waals surface area contributed by atoms with E-state index in [1.54, 1.807) is 6.08 Å². The lowest BCUT2D eigenvalue weighted by molar-refractivity contribution is 0.102. The maximum atomic E-state index is 14.6. The second-order valence-corrected chi connectivity index (χ2v) is 6.23. The largest absolute Gasteiger partial charge is 0.471 e. The van der Waals surface area contributed by atoms with E-state index in [4.69, 9.17) is 9.47 Å². The molecule has 0 aliphatic carbocycles. The minimum absolute atomic E-state index is 0. The summed E-state index contributed by atoms with van der Waals surface area (Å²) in [5.41, 5.74) is 0.689. The van der Waals surface area contributed by atoms with Crippen LogP contribution in [0.15, 0.2) is 35.1 Å². The van der Waals surface area contributed by atoms with Crippen molar-refractivity contribution in [2.45, 2.75) is 12.5 Å². The highest BCUT2D eigenvalue weighted by Gasteiger charge is 2.34. The zero-order valence-electron chi connectivity index (χ0n) is 14.7. The highest BCUT2D eigenvalue weighted by molar-refractivity contribution is 5.90. The van der Waals surface area contributed by atoms with Gasteiger partial charge in [0.05, 0.1) is 12.2 Å². The number of rotatable bonds is 5. The Hall–Kier alpha value is -2.65. The predicted octanol–water partition coefficient (Wildman–Crippen LogP) is 3.16. The van der Waals surface area contributed by atoms with Crippen molar-refractivity contribution >= 4 is 29.8 Å². The van der Waals surface area contributed by atoms with Crippen LogP contribution in [-0.4, -0.2) is 43.6 Å². The van der Waals surface area contributed by atoms with Gasteiger partial charge < -0.3 is 19.3 Å². The van der Waals surface area contributed by atoms with Gasteiger partial charge in [-0.25, -0.2) is 13.6 Å². The molecule has 1 saturated heterocycles. The molecule has 2 aliphatic heterocycles. The van der Waals surface area contributed by atoms with Gasteiger partial charge in [-0.3, -0.25) is 4.90 Å². The first-order valence-corrected chi connectivity index (χ1v) is 8.52. The van der Waals surface area contributed by atoms with E-state index in [1.165, 1.54) is 17.2 Å². The van der Waals surface area contributed by atoms with Gasteiger partial charge in [-0.05, 0) is 35.8 Å². The molecular weight excluding hydrogens is 396 g/mol. The normalized spacial score (nSPS) is 19.1. The summed E-state index contributed by atoms with van der Waals surface area (Å²) in [6, 6.07) is 3.83. The molecule has 4 rings (SSSR count). The number of carbonyl (C=O) groups is 1. The fourth-order valence-corrected chi connectivity index (χ4v) is 3.15. The zero-order valence-corrected chi connectivity index (χ0v) is 15.5. The second-order valence-electron chi connectivity index (χ2n) is 6.23. The molecule has 3 heterocycles. The number of amides is 1. The topological polar surface area (TPSA) is 76.8 Å². The summed E-state index contributed by atoms with van der Waals surface area (Å²) in [7, 11) is 0. The number of ether oxygens (including phenoxy) is 2. The Morgan fingerprint density at radius 3 is 2.75 bits per heavy atom. The summed E-state index contributed by atoms with van der Waals surface area (Å²) >= 11 is 0. The van der Waals surface area contributed by atoms with E-state index in [-0.39, 0.29) is 42.7 Å². The van der Waals surface area contributed by atoms with E-state index in [0.29, 0.717) is 25.1 Å². The van der Waals surface area contributed by atoms with Gasteiger partial charge in [0.2, 0.25) is 0 Å². The first-order valence-electron chi connectivity index (χ1n) is 8.52. The van der Waals surface area contributed by atoms with Crippen LogP contribution in [0.3, 0.4) is 0 Å². The number of hydrogen-bond donors (Lipinski definition) is 1. The fraction of sp³-hybridized carbons (Fsp3) is 0.333. The Labute approximate surface area is 165 Å². The summed E-state index contributed by atoms with van der Waals surface area (Å²) in [6.45, 7) is 1.40. The molecule has 1 N–H and O–H groups in total. The molecule has 1 atom stereocenters. The highest BCUT2D eigenvalue weighted by atomic mass is 35.5. The Bertz CT molecular complexity index is 853. The van der Waals surface area contributed by atoms with Crippen LogP contribution < -0.4 is 15.0 Å². The van der Waals surface area contributed by atoms with Crippen molar-refractivity contribution in [2.24, 2.45) is 0 Å². The smallest absolute Gasteiger partial charge is 0.414 e. The van der Waals surface area contributed by atoms with Gasteiger partial charge in [-0.2, -0.15) is 0 Å². The van der Waals surface area contributed by atoms with Gasteiger partial charge in [0.15, 0.2) is 6.10 Å². The van der Waals surface area contributed by atoms with Crippen LogP contribution in [0.5, 0.6) is 5.88 Å². The van der Waals surface area contributed by atoms with E-state index in [0.717, 1.165) is 12.1 Å². The number of cyclic esters (lactones) is 1. The Morgan fingerprint density at radius 1 is 1.32 bits per heavy atom. The molecule has 0 saturated carbocycles. The van der Waals surface area contributed by atoms with Crippen LogP contribution in [0.2, 0.25) is 0 Å². The molecule has 0 spiro atoms. The molecule has 1 aromatic heterocycles. The third-order valence-corrected chi connectivity index (χ3v) is 4.43. The molecule has 7 nitrogen and oxygen atoms in total. The number of carbonyl (C=O) groups excluding carboxylic acids is 1. The number of benzene rings is 1. The molecule has 28 heavy (non-hydrogen) atoms. The van der Waals surface area contributed by atoms with Crippen LogP contribution in [0.25, 0.3) is 5.57 Å². The average molecular weight is 414 g/mol. The van der Waals surface area contributed by atoms with Gasteiger partial charge in [0.1, 0.15) is 24.5 Å². The van der Waals surface area contributed by atoms with Crippen LogP contribution in [0, 0.1) is 11.6 Å². The van der Waals surface area contributed by atoms with Crippen molar-refractivity contribution in [3.8, 4) is 5.88 Å². The first kappa shape index (κ1) is 20.1. The summed E-state index contributed by atoms with van der Waals surface area (Å²) in [4.78, 5) is 13.3. The minimum atomic E-state index is -0.701. The average Bonchev–Trinajstić information content (AvgIpc) is 3.29. The van der Waals surface area contributed by atoms with Crippen molar-refractivity contribution in [3.05, 3.63) is 47.7 Å². The second kappa shape index (κ2) is 8.57. The third kappa shape index (κ3) is 4.10. The van der Waals surface area contributed by atoms with Crippen molar-refractivity contribution in [1.29, 1.82) is 0 Å². The van der Waals surface area contributed by atoms with Crippen LogP contribution in [0.4, 0.5) is 19.3 Å². The van der Waals surface area contributed by atoms with E-state index in [1.807, 2.05) is 0 Å². The van der Waals surface area contributed by atoms with E-state index in [9.17, 15) is 13.6 Å². The van der Waals surface area contributed by atoms with Gasteiger partial charge in [0, 0.05) is 18.2 Å². The zero-order chi connectivity index (χ0) is 18.8. The highest BCUT2D eigenvalue weighted by Crippen LogP contribution is 2.31. The molecular formula is C18H18ClF2N3O4. The molecule has 150 valence electrons. The number of nitrogens with zero attached hydrogens (tertiary/aromatic N) is 2. The Kier molecular flexibility index (Phi) is 6.15. The van der Waals surface area contributed by atoms with Crippen LogP contribution >= 0.6 is 12.4 Å². The van der Waals surface area contributed by atoms with Crippen LogP contribution in [0.1, 0.15) is 12.0 Å².